The minimum atomic E-state index is -0.414. The van der Waals surface area contributed by atoms with Crippen LogP contribution in [0.1, 0.15) is 13.3 Å². The van der Waals surface area contributed by atoms with Crippen molar-refractivity contribution >= 4 is 17.3 Å². The van der Waals surface area contributed by atoms with Crippen LogP contribution in [0.4, 0.5) is 15.8 Å². The van der Waals surface area contributed by atoms with E-state index < -0.39 is 5.82 Å². The van der Waals surface area contributed by atoms with Crippen molar-refractivity contribution in [2.75, 3.05) is 37.4 Å². The molecule has 1 amide bonds. The molecule has 1 saturated heterocycles. The van der Waals surface area contributed by atoms with Gasteiger partial charge in [-0.2, -0.15) is 0 Å². The fourth-order valence-corrected chi connectivity index (χ4v) is 2.20. The SMILES string of the molecule is CC1COCCN1CCC(=O)Nc1ccc(F)cc1N. The van der Waals surface area contributed by atoms with Crippen LogP contribution in [0, 0.1) is 5.82 Å². The van der Waals surface area contributed by atoms with Crippen molar-refractivity contribution in [1.29, 1.82) is 0 Å². The standard InChI is InChI=1S/C14H20FN3O2/c1-10-9-20-7-6-18(10)5-4-14(19)17-13-3-2-11(15)8-12(13)16/h2-3,8,10H,4-7,9,16H2,1H3,(H,17,19). The Bertz CT molecular complexity index is 481. The summed E-state index contributed by atoms with van der Waals surface area (Å²) in [4.78, 5) is 14.1. The molecule has 2 rings (SSSR count). The van der Waals surface area contributed by atoms with E-state index in [1.54, 1.807) is 0 Å². The maximum absolute atomic E-state index is 12.9. The molecule has 1 aromatic carbocycles. The zero-order valence-corrected chi connectivity index (χ0v) is 11.6. The molecule has 1 atom stereocenters. The summed E-state index contributed by atoms with van der Waals surface area (Å²) in [5, 5.41) is 2.70. The van der Waals surface area contributed by atoms with Gasteiger partial charge >= 0.3 is 0 Å². The van der Waals surface area contributed by atoms with Crippen LogP contribution in [-0.2, 0) is 9.53 Å². The molecule has 0 spiro atoms. The van der Waals surface area contributed by atoms with Crippen molar-refractivity contribution in [2.24, 2.45) is 0 Å². The van der Waals surface area contributed by atoms with E-state index in [0.29, 0.717) is 37.9 Å². The van der Waals surface area contributed by atoms with Gasteiger partial charge in [-0.25, -0.2) is 4.39 Å². The van der Waals surface area contributed by atoms with Crippen molar-refractivity contribution in [3.8, 4) is 0 Å². The topological polar surface area (TPSA) is 67.6 Å². The average molecular weight is 281 g/mol. The first-order chi connectivity index (χ1) is 9.56. The summed E-state index contributed by atoms with van der Waals surface area (Å²) in [7, 11) is 0. The van der Waals surface area contributed by atoms with Crippen LogP contribution in [0.2, 0.25) is 0 Å². The molecule has 6 heteroatoms. The molecule has 0 aromatic heterocycles. The van der Waals surface area contributed by atoms with Crippen LogP contribution >= 0.6 is 0 Å². The van der Waals surface area contributed by atoms with Gasteiger partial charge in [0.05, 0.1) is 24.6 Å². The molecule has 1 fully saturated rings. The second kappa shape index (κ2) is 6.67. The van der Waals surface area contributed by atoms with Crippen LogP contribution < -0.4 is 11.1 Å². The number of nitrogens with zero attached hydrogens (tertiary/aromatic N) is 1. The molecule has 20 heavy (non-hydrogen) atoms. The highest BCUT2D eigenvalue weighted by Gasteiger charge is 2.19. The van der Waals surface area contributed by atoms with E-state index in [4.69, 9.17) is 10.5 Å². The van der Waals surface area contributed by atoms with Gasteiger partial charge in [0.25, 0.3) is 0 Å². The molecule has 0 aliphatic carbocycles. The molecule has 0 saturated carbocycles. The van der Waals surface area contributed by atoms with Gasteiger partial charge in [0.1, 0.15) is 5.82 Å². The number of nitrogen functional groups attached to an aromatic ring is 1. The van der Waals surface area contributed by atoms with Crippen molar-refractivity contribution in [3.63, 3.8) is 0 Å². The number of carbonyl (C=O) groups excluding carboxylic acids is 1. The minimum absolute atomic E-state index is 0.123. The summed E-state index contributed by atoms with van der Waals surface area (Å²) in [6.07, 6.45) is 0.376. The maximum atomic E-state index is 12.9. The summed E-state index contributed by atoms with van der Waals surface area (Å²) >= 11 is 0. The van der Waals surface area contributed by atoms with E-state index in [0.717, 1.165) is 6.54 Å². The molecule has 1 aliphatic heterocycles. The number of ether oxygens (including phenoxy) is 1. The van der Waals surface area contributed by atoms with Gasteiger partial charge in [-0.05, 0) is 25.1 Å². The van der Waals surface area contributed by atoms with Gasteiger partial charge in [0.15, 0.2) is 0 Å². The summed E-state index contributed by atoms with van der Waals surface area (Å²) in [6, 6.07) is 4.27. The first-order valence-electron chi connectivity index (χ1n) is 6.73. The van der Waals surface area contributed by atoms with Crippen LogP contribution in [0.15, 0.2) is 18.2 Å². The fourth-order valence-electron chi connectivity index (χ4n) is 2.20. The van der Waals surface area contributed by atoms with Gasteiger partial charge in [0, 0.05) is 25.6 Å². The lowest BCUT2D eigenvalue weighted by atomic mass is 10.2. The van der Waals surface area contributed by atoms with Gasteiger partial charge in [0.2, 0.25) is 5.91 Å². The third kappa shape index (κ3) is 3.91. The van der Waals surface area contributed by atoms with Crippen molar-refractivity contribution in [1.82, 2.24) is 4.90 Å². The molecule has 5 nitrogen and oxygen atoms in total. The van der Waals surface area contributed by atoms with Crippen LogP contribution in [-0.4, -0.2) is 43.2 Å². The molecular weight excluding hydrogens is 261 g/mol. The number of hydrogen-bond acceptors (Lipinski definition) is 4. The zero-order valence-electron chi connectivity index (χ0n) is 11.6. The first kappa shape index (κ1) is 14.7. The Morgan fingerprint density at radius 3 is 3.10 bits per heavy atom. The molecule has 0 bridgehead atoms. The minimum Gasteiger partial charge on any atom is -0.397 e. The Morgan fingerprint density at radius 1 is 1.60 bits per heavy atom. The van der Waals surface area contributed by atoms with Crippen LogP contribution in [0.3, 0.4) is 0 Å². The number of morpholine rings is 1. The summed E-state index contributed by atoms with van der Waals surface area (Å²) in [5.41, 5.74) is 6.33. The highest BCUT2D eigenvalue weighted by molar-refractivity contribution is 5.93. The van der Waals surface area contributed by atoms with E-state index in [1.165, 1.54) is 18.2 Å². The molecule has 110 valence electrons. The van der Waals surface area contributed by atoms with E-state index in [1.807, 2.05) is 0 Å². The molecule has 1 aromatic rings. The maximum Gasteiger partial charge on any atom is 0.225 e. The number of nitrogens with two attached hydrogens (primary N) is 1. The number of anilines is 2. The lowest BCUT2D eigenvalue weighted by Gasteiger charge is -2.32. The monoisotopic (exact) mass is 281 g/mol. The Kier molecular flexibility index (Phi) is 4.92. The van der Waals surface area contributed by atoms with Crippen LogP contribution in [0.25, 0.3) is 0 Å². The second-order valence-electron chi connectivity index (χ2n) is 4.99. The summed E-state index contributed by atoms with van der Waals surface area (Å²) < 4.78 is 18.3. The van der Waals surface area contributed by atoms with Crippen LogP contribution in [0.5, 0.6) is 0 Å². The van der Waals surface area contributed by atoms with Gasteiger partial charge < -0.3 is 15.8 Å². The number of carbonyl (C=O) groups is 1. The number of nitrogens with one attached hydrogen (secondary N) is 1. The Hall–Kier alpha value is -1.66. The van der Waals surface area contributed by atoms with Gasteiger partial charge in [-0.3, -0.25) is 9.69 Å². The predicted octanol–water partition coefficient (Wildman–Crippen LogP) is 1.46. The summed E-state index contributed by atoms with van der Waals surface area (Å²) in [6.45, 7) is 5.00. The number of hydrogen-bond donors (Lipinski definition) is 2. The number of halogens is 1. The fraction of sp³-hybridized carbons (Fsp3) is 0.500. The Labute approximate surface area is 117 Å². The molecule has 0 radical (unpaired) electrons. The lowest BCUT2D eigenvalue weighted by molar-refractivity contribution is -0.117. The van der Waals surface area contributed by atoms with Crippen molar-refractivity contribution < 1.29 is 13.9 Å². The largest absolute Gasteiger partial charge is 0.397 e. The highest BCUT2D eigenvalue weighted by atomic mass is 19.1. The Balaban J connectivity index is 1.83. The quantitative estimate of drug-likeness (QED) is 0.820. The molecule has 1 aliphatic rings. The van der Waals surface area contributed by atoms with Crippen molar-refractivity contribution in [3.05, 3.63) is 24.0 Å². The molecular formula is C14H20FN3O2. The third-order valence-electron chi connectivity index (χ3n) is 3.42. The number of benzene rings is 1. The van der Waals surface area contributed by atoms with Crippen molar-refractivity contribution in [2.45, 2.75) is 19.4 Å². The zero-order chi connectivity index (χ0) is 14.5. The van der Waals surface area contributed by atoms with Gasteiger partial charge in [-0.15, -0.1) is 0 Å². The van der Waals surface area contributed by atoms with E-state index in [-0.39, 0.29) is 11.6 Å². The van der Waals surface area contributed by atoms with E-state index >= 15 is 0 Å². The second-order valence-corrected chi connectivity index (χ2v) is 4.99. The van der Waals surface area contributed by atoms with Gasteiger partial charge in [-0.1, -0.05) is 0 Å². The predicted molar refractivity (Wildman–Crippen MR) is 75.9 cm³/mol. The normalized spacial score (nSPS) is 19.8. The number of rotatable bonds is 4. The van der Waals surface area contributed by atoms with E-state index in [9.17, 15) is 9.18 Å². The third-order valence-corrected chi connectivity index (χ3v) is 3.42. The molecule has 1 heterocycles. The van der Waals surface area contributed by atoms with E-state index in [2.05, 4.69) is 17.1 Å². The average Bonchev–Trinajstić information content (AvgIpc) is 2.41. The molecule has 3 N–H and O–H groups in total. The summed E-state index contributed by atoms with van der Waals surface area (Å²) in [5.74, 6) is -0.537. The first-order valence-corrected chi connectivity index (χ1v) is 6.73. The lowest BCUT2D eigenvalue weighted by Crippen LogP contribution is -2.44. The smallest absolute Gasteiger partial charge is 0.225 e. The number of amides is 1. The molecule has 1 unspecified atom stereocenters. The highest BCUT2D eigenvalue weighted by Crippen LogP contribution is 2.19. The Morgan fingerprint density at radius 2 is 2.40 bits per heavy atom.